The Hall–Kier alpha value is 0.480. The average molecular weight is 207 g/mol. The fraction of sp³-hybridized carbons (Fsp3) is 1.00. The molecule has 0 nitrogen and oxygen atoms in total. The Kier molecular flexibility index (Phi) is 4.59. The van der Waals surface area contributed by atoms with Gasteiger partial charge in [0.05, 0.1) is 0 Å². The highest BCUT2D eigenvalue weighted by Gasteiger charge is 2.15. The van der Waals surface area contributed by atoms with Crippen LogP contribution in [-0.4, -0.2) is 5.33 Å². The van der Waals surface area contributed by atoms with Gasteiger partial charge in [0.15, 0.2) is 0 Å². The van der Waals surface area contributed by atoms with E-state index in [1.54, 1.807) is 0 Å². The average Bonchev–Trinajstić information content (AvgIpc) is 1.81. The van der Waals surface area contributed by atoms with Gasteiger partial charge < -0.3 is 0 Å². The van der Waals surface area contributed by atoms with Gasteiger partial charge in [-0.15, -0.1) is 0 Å². The molecule has 0 aliphatic rings. The SMILES string of the molecule is CC[C@@H](CBr)CC(C)(C)C. The second-order valence-corrected chi connectivity index (χ2v) is 4.84. The lowest BCUT2D eigenvalue weighted by Gasteiger charge is -2.23. The summed E-state index contributed by atoms with van der Waals surface area (Å²) in [6, 6.07) is 0. The highest BCUT2D eigenvalue weighted by Crippen LogP contribution is 2.26. The van der Waals surface area contributed by atoms with E-state index in [0.29, 0.717) is 5.41 Å². The smallest absolute Gasteiger partial charge is 0.00597 e. The van der Waals surface area contributed by atoms with Gasteiger partial charge in [-0.05, 0) is 17.8 Å². The number of hydrogen-bond acceptors (Lipinski definition) is 0. The van der Waals surface area contributed by atoms with E-state index in [-0.39, 0.29) is 0 Å². The van der Waals surface area contributed by atoms with Crippen molar-refractivity contribution in [1.82, 2.24) is 0 Å². The quantitative estimate of drug-likeness (QED) is 0.616. The monoisotopic (exact) mass is 206 g/mol. The molecular weight excluding hydrogens is 188 g/mol. The Morgan fingerprint density at radius 2 is 1.80 bits per heavy atom. The highest BCUT2D eigenvalue weighted by atomic mass is 79.9. The zero-order valence-corrected chi connectivity index (χ0v) is 9.16. The first-order chi connectivity index (χ1) is 4.49. The minimum Gasteiger partial charge on any atom is -0.0925 e. The third-order valence-electron chi connectivity index (χ3n) is 1.70. The first kappa shape index (κ1) is 10.5. The van der Waals surface area contributed by atoms with Crippen molar-refractivity contribution < 1.29 is 0 Å². The summed E-state index contributed by atoms with van der Waals surface area (Å²) in [4.78, 5) is 0. The summed E-state index contributed by atoms with van der Waals surface area (Å²) in [5.41, 5.74) is 0.494. The topological polar surface area (TPSA) is 0 Å². The molecule has 0 radical (unpaired) electrons. The molecular formula is C9H19Br. The summed E-state index contributed by atoms with van der Waals surface area (Å²) in [7, 11) is 0. The van der Waals surface area contributed by atoms with Crippen LogP contribution in [0.2, 0.25) is 0 Å². The Morgan fingerprint density at radius 1 is 1.30 bits per heavy atom. The molecule has 0 bridgehead atoms. The van der Waals surface area contributed by atoms with E-state index in [2.05, 4.69) is 43.6 Å². The van der Waals surface area contributed by atoms with Crippen LogP contribution in [0.25, 0.3) is 0 Å². The number of rotatable bonds is 3. The number of alkyl halides is 1. The molecule has 0 heterocycles. The van der Waals surface area contributed by atoms with Gasteiger partial charge >= 0.3 is 0 Å². The number of hydrogen-bond donors (Lipinski definition) is 0. The third kappa shape index (κ3) is 5.28. The van der Waals surface area contributed by atoms with Gasteiger partial charge in [-0.25, -0.2) is 0 Å². The minimum absolute atomic E-state index is 0.494. The van der Waals surface area contributed by atoms with E-state index in [9.17, 15) is 0 Å². The van der Waals surface area contributed by atoms with Gasteiger partial charge in [0.25, 0.3) is 0 Å². The number of halogens is 1. The van der Waals surface area contributed by atoms with Crippen molar-refractivity contribution in [2.45, 2.75) is 40.5 Å². The van der Waals surface area contributed by atoms with Crippen LogP contribution in [0.4, 0.5) is 0 Å². The van der Waals surface area contributed by atoms with Crippen molar-refractivity contribution in [2.75, 3.05) is 5.33 Å². The van der Waals surface area contributed by atoms with Crippen LogP contribution in [0, 0.1) is 11.3 Å². The van der Waals surface area contributed by atoms with Gasteiger partial charge in [0.1, 0.15) is 0 Å². The lowest BCUT2D eigenvalue weighted by atomic mass is 9.84. The summed E-state index contributed by atoms with van der Waals surface area (Å²) >= 11 is 3.53. The van der Waals surface area contributed by atoms with Gasteiger partial charge in [0, 0.05) is 5.33 Å². The summed E-state index contributed by atoms with van der Waals surface area (Å²) in [6.07, 6.45) is 2.62. The van der Waals surface area contributed by atoms with E-state index >= 15 is 0 Å². The molecule has 0 aromatic heterocycles. The molecule has 0 unspecified atom stereocenters. The van der Waals surface area contributed by atoms with Crippen molar-refractivity contribution in [1.29, 1.82) is 0 Å². The van der Waals surface area contributed by atoms with Crippen LogP contribution in [0.15, 0.2) is 0 Å². The zero-order valence-electron chi connectivity index (χ0n) is 7.58. The maximum atomic E-state index is 3.53. The van der Waals surface area contributed by atoms with E-state index in [1.165, 1.54) is 12.8 Å². The van der Waals surface area contributed by atoms with Gasteiger partial charge in [0.2, 0.25) is 0 Å². The standard InChI is InChI=1S/C9H19Br/c1-5-8(7-10)6-9(2,3)4/h8H,5-7H2,1-4H3/t8-/m1/s1. The van der Waals surface area contributed by atoms with E-state index in [4.69, 9.17) is 0 Å². The molecule has 0 fully saturated rings. The van der Waals surface area contributed by atoms with Crippen molar-refractivity contribution >= 4 is 15.9 Å². The predicted octanol–water partition coefficient (Wildman–Crippen LogP) is 3.84. The molecule has 0 aliphatic heterocycles. The van der Waals surface area contributed by atoms with E-state index in [1.807, 2.05) is 0 Å². The summed E-state index contributed by atoms with van der Waals surface area (Å²) in [6.45, 7) is 9.17. The molecule has 0 aliphatic carbocycles. The predicted molar refractivity (Wildman–Crippen MR) is 51.6 cm³/mol. The largest absolute Gasteiger partial charge is 0.0925 e. The minimum atomic E-state index is 0.494. The molecule has 0 aromatic rings. The van der Waals surface area contributed by atoms with E-state index in [0.717, 1.165) is 11.2 Å². The zero-order chi connectivity index (χ0) is 8.20. The second-order valence-electron chi connectivity index (χ2n) is 4.19. The van der Waals surface area contributed by atoms with Crippen LogP contribution >= 0.6 is 15.9 Å². The first-order valence-corrected chi connectivity index (χ1v) is 5.17. The lowest BCUT2D eigenvalue weighted by molar-refractivity contribution is 0.306. The van der Waals surface area contributed by atoms with E-state index < -0.39 is 0 Å². The molecule has 0 aromatic carbocycles. The second kappa shape index (κ2) is 4.38. The van der Waals surface area contributed by atoms with Crippen LogP contribution in [0.1, 0.15) is 40.5 Å². The maximum Gasteiger partial charge on any atom is 0.00597 e. The normalized spacial score (nSPS) is 15.3. The fourth-order valence-electron chi connectivity index (χ4n) is 1.17. The van der Waals surface area contributed by atoms with Crippen LogP contribution in [0.3, 0.4) is 0 Å². The van der Waals surface area contributed by atoms with Crippen molar-refractivity contribution in [3.05, 3.63) is 0 Å². The molecule has 0 saturated carbocycles. The lowest BCUT2D eigenvalue weighted by Crippen LogP contribution is -2.13. The first-order valence-electron chi connectivity index (χ1n) is 4.05. The highest BCUT2D eigenvalue weighted by molar-refractivity contribution is 9.09. The molecule has 0 N–H and O–H groups in total. The molecule has 0 spiro atoms. The molecule has 1 heteroatoms. The van der Waals surface area contributed by atoms with Crippen LogP contribution in [0.5, 0.6) is 0 Å². The maximum absolute atomic E-state index is 3.53. The summed E-state index contributed by atoms with van der Waals surface area (Å²) < 4.78 is 0. The van der Waals surface area contributed by atoms with Gasteiger partial charge in [-0.3, -0.25) is 0 Å². The van der Waals surface area contributed by atoms with Gasteiger partial charge in [-0.2, -0.15) is 0 Å². The Labute approximate surface area is 73.5 Å². The van der Waals surface area contributed by atoms with Crippen molar-refractivity contribution in [3.8, 4) is 0 Å². The molecule has 62 valence electrons. The third-order valence-corrected chi connectivity index (χ3v) is 2.61. The Balaban J connectivity index is 3.63. The van der Waals surface area contributed by atoms with Crippen molar-refractivity contribution in [3.63, 3.8) is 0 Å². The van der Waals surface area contributed by atoms with Crippen LogP contribution in [-0.2, 0) is 0 Å². The Bertz CT molecular complexity index is 77.2. The molecule has 0 amide bonds. The fourth-order valence-corrected chi connectivity index (χ4v) is 1.86. The van der Waals surface area contributed by atoms with Gasteiger partial charge in [-0.1, -0.05) is 50.0 Å². The molecule has 0 rings (SSSR count). The van der Waals surface area contributed by atoms with Crippen molar-refractivity contribution in [2.24, 2.45) is 11.3 Å². The molecule has 10 heavy (non-hydrogen) atoms. The molecule has 1 atom stereocenters. The van der Waals surface area contributed by atoms with Crippen LogP contribution < -0.4 is 0 Å². The summed E-state index contributed by atoms with van der Waals surface area (Å²) in [5, 5.41) is 1.15. The Morgan fingerprint density at radius 3 is 1.90 bits per heavy atom. The summed E-state index contributed by atoms with van der Waals surface area (Å²) in [5.74, 6) is 0.861. The molecule has 0 saturated heterocycles.